The lowest BCUT2D eigenvalue weighted by atomic mass is 10.1. The van der Waals surface area contributed by atoms with Gasteiger partial charge in [0.25, 0.3) is 5.69 Å². The molecule has 1 atom stereocenters. The van der Waals surface area contributed by atoms with Gasteiger partial charge < -0.3 is 14.7 Å². The summed E-state index contributed by atoms with van der Waals surface area (Å²) in [6.07, 6.45) is 0.0481. The van der Waals surface area contributed by atoms with Gasteiger partial charge >= 0.3 is 5.97 Å². The van der Waals surface area contributed by atoms with E-state index in [2.05, 4.69) is 0 Å². The molecule has 2 rings (SSSR count). The molecule has 1 aliphatic heterocycles. The molecule has 1 aromatic rings. The normalized spacial score (nSPS) is 19.2. The molecule has 7 heteroatoms. The molecule has 0 spiro atoms. The minimum absolute atomic E-state index is 0.0481. The monoisotopic (exact) mass is 266 g/mol. The van der Waals surface area contributed by atoms with E-state index in [1.165, 1.54) is 12.1 Å². The Bertz CT molecular complexity index is 517. The van der Waals surface area contributed by atoms with Gasteiger partial charge in [0.1, 0.15) is 5.56 Å². The second-order valence-corrected chi connectivity index (χ2v) is 4.39. The molecule has 0 bridgehead atoms. The van der Waals surface area contributed by atoms with E-state index in [1.807, 2.05) is 11.8 Å². The highest BCUT2D eigenvalue weighted by Crippen LogP contribution is 2.26. The quantitative estimate of drug-likeness (QED) is 0.658. The molecule has 0 radical (unpaired) electrons. The van der Waals surface area contributed by atoms with Crippen molar-refractivity contribution >= 4 is 17.3 Å². The van der Waals surface area contributed by atoms with Crippen molar-refractivity contribution in [1.29, 1.82) is 0 Å². The Kier molecular flexibility index (Phi) is 3.66. The lowest BCUT2D eigenvalue weighted by Gasteiger charge is -2.32. The van der Waals surface area contributed by atoms with Crippen LogP contribution in [0.5, 0.6) is 0 Å². The van der Waals surface area contributed by atoms with Gasteiger partial charge in [-0.25, -0.2) is 4.79 Å². The Morgan fingerprint density at radius 1 is 1.58 bits per heavy atom. The standard InChI is InChI=1S/C12H14N2O5/c1-8-7-13(4-5-19-8)9-2-3-10(12(15)16)11(6-9)14(17)18/h2-3,6,8H,4-5,7H2,1H3,(H,15,16). The Labute approximate surface area is 109 Å². The van der Waals surface area contributed by atoms with Gasteiger partial charge in [0.05, 0.1) is 17.6 Å². The van der Waals surface area contributed by atoms with Crippen molar-refractivity contribution in [1.82, 2.24) is 0 Å². The lowest BCUT2D eigenvalue weighted by molar-refractivity contribution is -0.385. The smallest absolute Gasteiger partial charge is 0.342 e. The maximum absolute atomic E-state index is 10.9. The molecular weight excluding hydrogens is 252 g/mol. The molecule has 0 aromatic heterocycles. The van der Waals surface area contributed by atoms with Crippen LogP contribution in [0.2, 0.25) is 0 Å². The summed E-state index contributed by atoms with van der Waals surface area (Å²) in [4.78, 5) is 23.1. The number of hydrogen-bond donors (Lipinski definition) is 1. The first-order chi connectivity index (χ1) is 8.99. The third-order valence-electron chi connectivity index (χ3n) is 3.01. The predicted molar refractivity (Wildman–Crippen MR) is 67.7 cm³/mol. The van der Waals surface area contributed by atoms with Crippen LogP contribution < -0.4 is 4.90 Å². The number of aromatic carboxylic acids is 1. The summed E-state index contributed by atoms with van der Waals surface area (Å²) in [5, 5.41) is 19.8. The van der Waals surface area contributed by atoms with Crippen LogP contribution in [0.3, 0.4) is 0 Å². The Hall–Kier alpha value is -2.15. The summed E-state index contributed by atoms with van der Waals surface area (Å²) >= 11 is 0. The molecule has 19 heavy (non-hydrogen) atoms. The summed E-state index contributed by atoms with van der Waals surface area (Å²) in [6.45, 7) is 3.74. The number of benzene rings is 1. The maximum Gasteiger partial charge on any atom is 0.342 e. The van der Waals surface area contributed by atoms with Gasteiger partial charge in [0.15, 0.2) is 0 Å². The first-order valence-corrected chi connectivity index (χ1v) is 5.87. The fraction of sp³-hybridized carbons (Fsp3) is 0.417. The van der Waals surface area contributed by atoms with Crippen LogP contribution in [0.1, 0.15) is 17.3 Å². The number of nitro groups is 1. The minimum atomic E-state index is -1.30. The summed E-state index contributed by atoms with van der Waals surface area (Å²) in [6, 6.07) is 4.17. The highest BCUT2D eigenvalue weighted by molar-refractivity contribution is 5.93. The molecule has 1 heterocycles. The maximum atomic E-state index is 10.9. The average Bonchev–Trinajstić information content (AvgIpc) is 2.37. The third kappa shape index (κ3) is 2.82. The van der Waals surface area contributed by atoms with Gasteiger partial charge in [-0.3, -0.25) is 10.1 Å². The van der Waals surface area contributed by atoms with E-state index in [4.69, 9.17) is 9.84 Å². The lowest BCUT2D eigenvalue weighted by Crippen LogP contribution is -2.41. The van der Waals surface area contributed by atoms with E-state index in [1.54, 1.807) is 6.07 Å². The van der Waals surface area contributed by atoms with Crippen molar-refractivity contribution in [3.63, 3.8) is 0 Å². The van der Waals surface area contributed by atoms with Crippen molar-refractivity contribution in [3.8, 4) is 0 Å². The zero-order valence-corrected chi connectivity index (χ0v) is 10.4. The molecule has 1 aromatic carbocycles. The molecule has 0 aliphatic carbocycles. The number of nitro benzene ring substituents is 1. The number of carboxylic acids is 1. The number of carboxylic acid groups (broad SMARTS) is 1. The predicted octanol–water partition coefficient (Wildman–Crippen LogP) is 1.52. The number of morpholine rings is 1. The minimum Gasteiger partial charge on any atom is -0.477 e. The number of rotatable bonds is 3. The van der Waals surface area contributed by atoms with Crippen LogP contribution in [0.25, 0.3) is 0 Å². The summed E-state index contributed by atoms with van der Waals surface area (Å²) in [7, 11) is 0. The van der Waals surface area contributed by atoms with Crippen molar-refractivity contribution in [3.05, 3.63) is 33.9 Å². The molecule has 1 unspecified atom stereocenters. The van der Waals surface area contributed by atoms with E-state index in [0.29, 0.717) is 25.4 Å². The van der Waals surface area contributed by atoms with Crippen molar-refractivity contribution < 1.29 is 19.6 Å². The SMILES string of the molecule is CC1CN(c2ccc(C(=O)O)c([N+](=O)[O-])c2)CCO1. The van der Waals surface area contributed by atoms with Gasteiger partial charge in [0, 0.05) is 24.8 Å². The van der Waals surface area contributed by atoms with Crippen LogP contribution in [0.4, 0.5) is 11.4 Å². The van der Waals surface area contributed by atoms with Crippen LogP contribution in [0, 0.1) is 10.1 Å². The van der Waals surface area contributed by atoms with Gasteiger partial charge in [0.2, 0.25) is 0 Å². The topological polar surface area (TPSA) is 92.9 Å². The number of nitrogens with zero attached hydrogens (tertiary/aromatic N) is 2. The van der Waals surface area contributed by atoms with Crippen LogP contribution in [-0.2, 0) is 4.74 Å². The fourth-order valence-electron chi connectivity index (χ4n) is 2.10. The largest absolute Gasteiger partial charge is 0.477 e. The fourth-order valence-corrected chi connectivity index (χ4v) is 2.10. The second-order valence-electron chi connectivity index (χ2n) is 4.39. The van der Waals surface area contributed by atoms with Gasteiger partial charge in [-0.05, 0) is 19.1 Å². The zero-order valence-electron chi connectivity index (χ0n) is 10.4. The molecule has 102 valence electrons. The van der Waals surface area contributed by atoms with E-state index < -0.39 is 10.9 Å². The molecule has 1 N–H and O–H groups in total. The van der Waals surface area contributed by atoms with E-state index in [0.717, 1.165) is 0 Å². The van der Waals surface area contributed by atoms with Gasteiger partial charge in [-0.15, -0.1) is 0 Å². The van der Waals surface area contributed by atoms with Crippen LogP contribution in [-0.4, -0.2) is 41.8 Å². The van der Waals surface area contributed by atoms with Crippen molar-refractivity contribution in [2.45, 2.75) is 13.0 Å². The van der Waals surface area contributed by atoms with E-state index >= 15 is 0 Å². The number of carbonyl (C=O) groups is 1. The third-order valence-corrected chi connectivity index (χ3v) is 3.01. The van der Waals surface area contributed by atoms with Crippen molar-refractivity contribution in [2.24, 2.45) is 0 Å². The highest BCUT2D eigenvalue weighted by atomic mass is 16.6. The van der Waals surface area contributed by atoms with Gasteiger partial charge in [-0.1, -0.05) is 0 Å². The molecule has 7 nitrogen and oxygen atoms in total. The summed E-state index contributed by atoms with van der Waals surface area (Å²) < 4.78 is 5.40. The Morgan fingerprint density at radius 2 is 2.32 bits per heavy atom. The number of ether oxygens (including phenoxy) is 1. The van der Waals surface area contributed by atoms with Crippen LogP contribution in [0.15, 0.2) is 18.2 Å². The summed E-state index contributed by atoms with van der Waals surface area (Å²) in [5.41, 5.74) is -0.0361. The van der Waals surface area contributed by atoms with E-state index in [-0.39, 0.29) is 17.4 Å². The average molecular weight is 266 g/mol. The first kappa shape index (κ1) is 13.3. The van der Waals surface area contributed by atoms with E-state index in [9.17, 15) is 14.9 Å². The Balaban J connectivity index is 2.35. The summed E-state index contributed by atoms with van der Waals surface area (Å²) in [5.74, 6) is -1.30. The molecule has 0 amide bonds. The number of hydrogen-bond acceptors (Lipinski definition) is 5. The zero-order chi connectivity index (χ0) is 14.0. The molecule has 1 aliphatic rings. The molecule has 1 fully saturated rings. The van der Waals surface area contributed by atoms with Gasteiger partial charge in [-0.2, -0.15) is 0 Å². The highest BCUT2D eigenvalue weighted by Gasteiger charge is 2.23. The molecule has 1 saturated heterocycles. The van der Waals surface area contributed by atoms with Crippen molar-refractivity contribution in [2.75, 3.05) is 24.6 Å². The Morgan fingerprint density at radius 3 is 2.89 bits per heavy atom. The van der Waals surface area contributed by atoms with Crippen LogP contribution >= 0.6 is 0 Å². The molecular formula is C12H14N2O5. The second kappa shape index (κ2) is 5.23. The first-order valence-electron chi connectivity index (χ1n) is 5.87. The molecule has 0 saturated carbocycles. The number of anilines is 1.